The van der Waals surface area contributed by atoms with Crippen molar-refractivity contribution in [2.75, 3.05) is 12.4 Å². The lowest BCUT2D eigenvalue weighted by Gasteiger charge is -2.13. The maximum absolute atomic E-state index is 11.7. The number of thioether (sulfide) groups is 1. The fourth-order valence-electron chi connectivity index (χ4n) is 1.88. The number of carbonyl (C=O) groups excluding carboxylic acids is 1. The first-order valence-corrected chi connectivity index (χ1v) is 8.36. The van der Waals surface area contributed by atoms with E-state index in [1.54, 1.807) is 6.26 Å². The number of hydrogen-bond donors (Lipinski definition) is 2. The van der Waals surface area contributed by atoms with E-state index in [1.165, 1.54) is 11.8 Å². The Morgan fingerprint density at radius 2 is 2.18 bits per heavy atom. The van der Waals surface area contributed by atoms with Crippen molar-refractivity contribution in [2.24, 2.45) is 0 Å². The second kappa shape index (κ2) is 8.60. The first-order valence-electron chi connectivity index (χ1n) is 7.20. The molecule has 1 aromatic heterocycles. The second-order valence-electron chi connectivity index (χ2n) is 4.86. The van der Waals surface area contributed by atoms with E-state index in [0.29, 0.717) is 17.4 Å². The van der Waals surface area contributed by atoms with E-state index in [0.717, 1.165) is 17.7 Å². The average Bonchev–Trinajstić information content (AvgIpc) is 3.02. The Morgan fingerprint density at radius 3 is 2.86 bits per heavy atom. The zero-order valence-electron chi connectivity index (χ0n) is 12.5. The van der Waals surface area contributed by atoms with E-state index in [2.05, 4.69) is 10.3 Å². The molecule has 1 aromatic carbocycles. The maximum atomic E-state index is 11.7. The van der Waals surface area contributed by atoms with Crippen molar-refractivity contribution in [1.29, 1.82) is 0 Å². The number of aromatic nitrogens is 1. The van der Waals surface area contributed by atoms with Crippen LogP contribution in [0.4, 0.5) is 0 Å². The number of carbonyl (C=O) groups is 1. The van der Waals surface area contributed by atoms with Crippen molar-refractivity contribution in [3.8, 4) is 11.5 Å². The Morgan fingerprint density at radius 1 is 1.41 bits per heavy atom. The number of nitrogens with zero attached hydrogens (tertiary/aromatic N) is 1. The molecule has 1 amide bonds. The van der Waals surface area contributed by atoms with Gasteiger partial charge in [-0.2, -0.15) is 0 Å². The molecular weight excluding hydrogens is 300 g/mol. The Labute approximate surface area is 134 Å². The molecule has 0 saturated carbocycles. The highest BCUT2D eigenvalue weighted by atomic mass is 32.2. The van der Waals surface area contributed by atoms with Crippen LogP contribution in [0.5, 0.6) is 0 Å². The lowest BCUT2D eigenvalue weighted by atomic mass is 10.2. The van der Waals surface area contributed by atoms with Gasteiger partial charge in [-0.1, -0.05) is 25.1 Å². The van der Waals surface area contributed by atoms with Gasteiger partial charge in [-0.25, -0.2) is 4.98 Å². The third-order valence-corrected chi connectivity index (χ3v) is 4.10. The third kappa shape index (κ3) is 4.89. The van der Waals surface area contributed by atoms with Gasteiger partial charge in [0.15, 0.2) is 0 Å². The summed E-state index contributed by atoms with van der Waals surface area (Å²) in [5.74, 6) is 1.47. The molecule has 2 aromatic rings. The third-order valence-electron chi connectivity index (χ3n) is 3.13. The summed E-state index contributed by atoms with van der Waals surface area (Å²) in [7, 11) is 0. The number of aliphatic hydroxyl groups excluding tert-OH is 1. The van der Waals surface area contributed by atoms with Gasteiger partial charge >= 0.3 is 0 Å². The van der Waals surface area contributed by atoms with Gasteiger partial charge in [0.1, 0.15) is 6.26 Å². The number of amides is 1. The van der Waals surface area contributed by atoms with Crippen molar-refractivity contribution in [3.05, 3.63) is 42.3 Å². The molecular formula is C16H20N2O3S. The highest BCUT2D eigenvalue weighted by Gasteiger charge is 2.10. The van der Waals surface area contributed by atoms with E-state index in [9.17, 15) is 4.79 Å². The van der Waals surface area contributed by atoms with Crippen LogP contribution in [0.3, 0.4) is 0 Å². The number of rotatable bonds is 8. The van der Waals surface area contributed by atoms with Crippen molar-refractivity contribution in [2.45, 2.75) is 25.1 Å². The first kappa shape index (κ1) is 16.6. The second-order valence-corrected chi connectivity index (χ2v) is 5.84. The quantitative estimate of drug-likeness (QED) is 0.781. The molecule has 1 atom stereocenters. The Bertz CT molecular complexity index is 582. The fraction of sp³-hybridized carbons (Fsp3) is 0.375. The number of benzene rings is 1. The van der Waals surface area contributed by atoms with Gasteiger partial charge < -0.3 is 14.8 Å². The van der Waals surface area contributed by atoms with Crippen LogP contribution >= 0.6 is 11.8 Å². The largest absolute Gasteiger partial charge is 0.444 e. The van der Waals surface area contributed by atoms with Crippen LogP contribution in [-0.4, -0.2) is 34.4 Å². The summed E-state index contributed by atoms with van der Waals surface area (Å²) in [6.45, 7) is 1.89. The lowest BCUT2D eigenvalue weighted by Crippen LogP contribution is -2.37. The van der Waals surface area contributed by atoms with Crippen molar-refractivity contribution >= 4 is 17.7 Å². The molecule has 5 nitrogen and oxygen atoms in total. The standard InChI is InChI=1S/C16H20N2O3S/c1-2-13(8-19)17-15(20)11-22-10-14-9-21-16(18-14)12-6-4-3-5-7-12/h3-7,9,13,19H,2,8,10-11H2,1H3,(H,17,20). The predicted octanol–water partition coefficient (Wildman–Crippen LogP) is 2.46. The number of oxazole rings is 1. The summed E-state index contributed by atoms with van der Waals surface area (Å²) in [4.78, 5) is 16.1. The van der Waals surface area contributed by atoms with E-state index in [4.69, 9.17) is 9.52 Å². The van der Waals surface area contributed by atoms with Gasteiger partial charge in [0, 0.05) is 11.3 Å². The van der Waals surface area contributed by atoms with Gasteiger partial charge in [0.05, 0.1) is 24.1 Å². The summed E-state index contributed by atoms with van der Waals surface area (Å²) in [5, 5.41) is 11.8. The summed E-state index contributed by atoms with van der Waals surface area (Å²) in [5.41, 5.74) is 1.75. The van der Waals surface area contributed by atoms with E-state index < -0.39 is 0 Å². The zero-order chi connectivity index (χ0) is 15.8. The molecule has 2 N–H and O–H groups in total. The Balaban J connectivity index is 1.78. The Hall–Kier alpha value is -1.79. The maximum Gasteiger partial charge on any atom is 0.230 e. The molecule has 1 heterocycles. The topological polar surface area (TPSA) is 75.4 Å². The van der Waals surface area contributed by atoms with Crippen molar-refractivity contribution in [1.82, 2.24) is 10.3 Å². The predicted molar refractivity (Wildman–Crippen MR) is 87.4 cm³/mol. The summed E-state index contributed by atoms with van der Waals surface area (Å²) in [6.07, 6.45) is 2.34. The van der Waals surface area contributed by atoms with Crippen LogP contribution in [0.1, 0.15) is 19.0 Å². The van der Waals surface area contributed by atoms with E-state index >= 15 is 0 Å². The monoisotopic (exact) mass is 320 g/mol. The molecule has 6 heteroatoms. The fourth-order valence-corrected chi connectivity index (χ4v) is 2.59. The minimum absolute atomic E-state index is 0.0311. The Kier molecular flexibility index (Phi) is 6.48. The van der Waals surface area contributed by atoms with Crippen LogP contribution in [0, 0.1) is 0 Å². The molecule has 0 saturated heterocycles. The molecule has 22 heavy (non-hydrogen) atoms. The van der Waals surface area contributed by atoms with E-state index in [-0.39, 0.29) is 18.6 Å². The molecule has 0 aliphatic carbocycles. The van der Waals surface area contributed by atoms with Crippen LogP contribution in [-0.2, 0) is 10.5 Å². The highest BCUT2D eigenvalue weighted by Crippen LogP contribution is 2.20. The lowest BCUT2D eigenvalue weighted by molar-refractivity contribution is -0.119. The SMILES string of the molecule is CCC(CO)NC(=O)CSCc1coc(-c2ccccc2)n1. The van der Waals surface area contributed by atoms with Crippen molar-refractivity contribution < 1.29 is 14.3 Å². The minimum Gasteiger partial charge on any atom is -0.444 e. The highest BCUT2D eigenvalue weighted by molar-refractivity contribution is 7.99. The first-order chi connectivity index (χ1) is 10.7. The van der Waals surface area contributed by atoms with Crippen LogP contribution < -0.4 is 5.32 Å². The van der Waals surface area contributed by atoms with Gasteiger partial charge in [-0.05, 0) is 18.6 Å². The smallest absolute Gasteiger partial charge is 0.230 e. The van der Waals surface area contributed by atoms with Gasteiger partial charge in [-0.3, -0.25) is 4.79 Å². The van der Waals surface area contributed by atoms with Crippen LogP contribution in [0.2, 0.25) is 0 Å². The normalized spacial score (nSPS) is 12.1. The molecule has 0 fully saturated rings. The number of aliphatic hydroxyl groups is 1. The number of nitrogens with one attached hydrogen (secondary N) is 1. The molecule has 0 bridgehead atoms. The molecule has 0 aliphatic rings. The molecule has 2 rings (SSSR count). The summed E-state index contributed by atoms with van der Waals surface area (Å²) >= 11 is 1.47. The van der Waals surface area contributed by atoms with Crippen LogP contribution in [0.15, 0.2) is 41.0 Å². The van der Waals surface area contributed by atoms with Gasteiger partial charge in [-0.15, -0.1) is 11.8 Å². The summed E-state index contributed by atoms with van der Waals surface area (Å²) in [6, 6.07) is 9.53. The van der Waals surface area contributed by atoms with Crippen LogP contribution in [0.25, 0.3) is 11.5 Å². The molecule has 1 unspecified atom stereocenters. The zero-order valence-corrected chi connectivity index (χ0v) is 13.3. The summed E-state index contributed by atoms with van der Waals surface area (Å²) < 4.78 is 5.45. The van der Waals surface area contributed by atoms with Crippen molar-refractivity contribution in [3.63, 3.8) is 0 Å². The number of hydrogen-bond acceptors (Lipinski definition) is 5. The average molecular weight is 320 g/mol. The van der Waals surface area contributed by atoms with Gasteiger partial charge in [0.25, 0.3) is 0 Å². The molecule has 0 spiro atoms. The minimum atomic E-state index is -0.162. The van der Waals surface area contributed by atoms with Gasteiger partial charge in [0.2, 0.25) is 11.8 Å². The molecule has 0 aliphatic heterocycles. The molecule has 0 radical (unpaired) electrons. The van der Waals surface area contributed by atoms with E-state index in [1.807, 2.05) is 37.3 Å². The molecule has 118 valence electrons.